The molecule has 14 heteroatoms. The molecule has 8 rings (SSSR count). The van der Waals surface area contributed by atoms with Gasteiger partial charge in [-0.15, -0.1) is 5.10 Å². The number of nitrogens with one attached hydrogen (secondary N) is 2. The molecule has 4 heterocycles. The van der Waals surface area contributed by atoms with Gasteiger partial charge in [0, 0.05) is 41.5 Å². The average Bonchev–Trinajstić information content (AvgIpc) is 3.86. The minimum atomic E-state index is -0.684. The molecule has 2 aliphatic carbocycles. The lowest BCUT2D eigenvalue weighted by Gasteiger charge is -2.53. The summed E-state index contributed by atoms with van der Waals surface area (Å²) in [7, 11) is 0. The van der Waals surface area contributed by atoms with Crippen LogP contribution in [0.3, 0.4) is 0 Å². The molecule has 1 saturated carbocycles. The van der Waals surface area contributed by atoms with E-state index in [1.54, 1.807) is 17.8 Å². The van der Waals surface area contributed by atoms with Crippen LogP contribution in [0, 0.1) is 12.3 Å². The summed E-state index contributed by atoms with van der Waals surface area (Å²) in [4.78, 5) is 49.6. The monoisotopic (exact) mass is 790 g/mol. The zero-order chi connectivity index (χ0) is 40.6. The predicted molar refractivity (Wildman–Crippen MR) is 218 cm³/mol. The molecule has 0 bridgehead atoms. The van der Waals surface area contributed by atoms with Crippen molar-refractivity contribution in [3.05, 3.63) is 98.2 Å². The second-order valence-electron chi connectivity index (χ2n) is 17.3. The molecule has 1 amide bonds. The number of ether oxygens (including phenoxy) is 2. The molecule has 2 aromatic carbocycles. The fourth-order valence-electron chi connectivity index (χ4n) is 9.82. The Kier molecular flexibility index (Phi) is 11.1. The van der Waals surface area contributed by atoms with Gasteiger partial charge in [-0.25, -0.2) is 19.4 Å². The molecule has 5 aromatic rings. The van der Waals surface area contributed by atoms with Gasteiger partial charge in [0.1, 0.15) is 23.8 Å². The van der Waals surface area contributed by atoms with Gasteiger partial charge in [-0.1, -0.05) is 69.9 Å². The summed E-state index contributed by atoms with van der Waals surface area (Å²) in [6, 6.07) is 14.4. The van der Waals surface area contributed by atoms with Crippen LogP contribution in [0.2, 0.25) is 0 Å². The number of unbranched alkanes of at least 4 members (excludes halogenated alkanes) is 4. The molecule has 1 aliphatic heterocycles. The van der Waals surface area contributed by atoms with E-state index in [0.29, 0.717) is 36.6 Å². The molecule has 2 fully saturated rings. The van der Waals surface area contributed by atoms with E-state index in [0.717, 1.165) is 72.3 Å². The van der Waals surface area contributed by atoms with Crippen LogP contribution in [0.5, 0.6) is 5.75 Å². The van der Waals surface area contributed by atoms with Gasteiger partial charge in [0.25, 0.3) is 5.56 Å². The fourth-order valence-corrected chi connectivity index (χ4v) is 9.82. The van der Waals surface area contributed by atoms with Crippen LogP contribution >= 0.6 is 0 Å². The number of hydrogen-bond acceptors (Lipinski definition) is 10. The molecule has 14 nitrogen and oxygen atoms in total. The lowest BCUT2D eigenvalue weighted by molar-refractivity contribution is -0.121. The van der Waals surface area contributed by atoms with Crippen LogP contribution in [0.15, 0.2) is 64.4 Å². The summed E-state index contributed by atoms with van der Waals surface area (Å²) >= 11 is 0. The van der Waals surface area contributed by atoms with Crippen molar-refractivity contribution in [3.63, 3.8) is 0 Å². The van der Waals surface area contributed by atoms with Crippen molar-refractivity contribution in [2.45, 2.75) is 128 Å². The number of aliphatic hydroxyl groups is 1. The number of H-pyrrole nitrogens is 1. The van der Waals surface area contributed by atoms with Gasteiger partial charge in [0.05, 0.1) is 54.4 Å². The van der Waals surface area contributed by atoms with E-state index in [1.165, 1.54) is 29.2 Å². The highest BCUT2D eigenvalue weighted by atomic mass is 16.5. The van der Waals surface area contributed by atoms with Crippen molar-refractivity contribution in [2.75, 3.05) is 13.2 Å². The number of hydrogen-bond donors (Lipinski definition) is 3. The Morgan fingerprint density at radius 1 is 1.02 bits per heavy atom. The maximum Gasteiger partial charge on any atom is 0.330 e. The average molecular weight is 791 g/mol. The first-order chi connectivity index (χ1) is 27.9. The number of rotatable bonds is 14. The number of nitrogens with zero attached hydrogens (tertiary/aromatic N) is 6. The highest BCUT2D eigenvalue weighted by Gasteiger charge is 2.53. The van der Waals surface area contributed by atoms with Crippen molar-refractivity contribution in [3.8, 4) is 17.0 Å². The van der Waals surface area contributed by atoms with Crippen molar-refractivity contribution < 1.29 is 19.4 Å². The van der Waals surface area contributed by atoms with E-state index < -0.39 is 23.6 Å². The van der Waals surface area contributed by atoms with Gasteiger partial charge in [0.15, 0.2) is 0 Å². The molecule has 3 N–H and O–H groups in total. The molecule has 0 unspecified atom stereocenters. The zero-order valence-electron chi connectivity index (χ0n) is 33.9. The minimum Gasteiger partial charge on any atom is -0.494 e. The Bertz CT molecular complexity index is 2420. The topological polar surface area (TPSA) is 179 Å². The summed E-state index contributed by atoms with van der Waals surface area (Å²) in [6.45, 7) is 9.40. The van der Waals surface area contributed by atoms with Gasteiger partial charge in [-0.3, -0.25) is 19.1 Å². The third-order valence-corrected chi connectivity index (χ3v) is 12.7. The normalized spacial score (nSPS) is 23.3. The Labute approximate surface area is 337 Å². The van der Waals surface area contributed by atoms with Crippen molar-refractivity contribution in [1.82, 2.24) is 39.8 Å². The van der Waals surface area contributed by atoms with E-state index in [1.807, 2.05) is 18.2 Å². The Balaban J connectivity index is 0.781. The number of aromatic nitrogens is 7. The van der Waals surface area contributed by atoms with E-state index in [4.69, 9.17) is 19.4 Å². The quantitative estimate of drug-likeness (QED) is 0.110. The van der Waals surface area contributed by atoms with Gasteiger partial charge in [-0.2, -0.15) is 0 Å². The molecule has 306 valence electrons. The Morgan fingerprint density at radius 3 is 2.60 bits per heavy atom. The molecular weight excluding hydrogens is 737 g/mol. The van der Waals surface area contributed by atoms with Gasteiger partial charge in [-0.05, 0) is 67.9 Å². The fraction of sp³-hybridized carbons (Fsp3) is 0.523. The van der Waals surface area contributed by atoms with Crippen molar-refractivity contribution in [2.24, 2.45) is 5.41 Å². The van der Waals surface area contributed by atoms with Crippen molar-refractivity contribution in [1.29, 1.82) is 0 Å². The number of aliphatic hydroxyl groups excluding tert-OH is 1. The largest absolute Gasteiger partial charge is 0.494 e. The van der Waals surface area contributed by atoms with E-state index in [2.05, 4.69) is 65.6 Å². The number of aryl methyl sites for hydroxylation is 1. The number of amides is 1. The number of benzene rings is 2. The summed E-state index contributed by atoms with van der Waals surface area (Å²) in [5.74, 6) is 1.10. The second-order valence-corrected chi connectivity index (χ2v) is 17.3. The summed E-state index contributed by atoms with van der Waals surface area (Å²) in [5, 5.41) is 21.3. The lowest BCUT2D eigenvalue weighted by Crippen LogP contribution is -2.46. The number of carbonyl (C=O) groups is 1. The molecule has 3 aromatic heterocycles. The lowest BCUT2D eigenvalue weighted by atomic mass is 9.50. The molecule has 58 heavy (non-hydrogen) atoms. The highest BCUT2D eigenvalue weighted by molar-refractivity contribution is 5.82. The Morgan fingerprint density at radius 2 is 1.79 bits per heavy atom. The molecule has 0 spiro atoms. The van der Waals surface area contributed by atoms with Gasteiger partial charge in [0.2, 0.25) is 5.91 Å². The number of para-hydroxylation sites is 2. The molecule has 1 saturated heterocycles. The third-order valence-electron chi connectivity index (χ3n) is 12.7. The third kappa shape index (κ3) is 7.71. The molecule has 3 aliphatic rings. The maximum atomic E-state index is 12.6. The summed E-state index contributed by atoms with van der Waals surface area (Å²) in [6.07, 6.45) is 10.8. The van der Waals surface area contributed by atoms with Crippen LogP contribution in [-0.4, -0.2) is 64.8 Å². The maximum absolute atomic E-state index is 12.6. The van der Waals surface area contributed by atoms with E-state index in [9.17, 15) is 19.5 Å². The zero-order valence-corrected chi connectivity index (χ0v) is 33.9. The Hall–Kier alpha value is -5.21. The number of fused-ring (bicyclic) bond motifs is 7. The summed E-state index contributed by atoms with van der Waals surface area (Å²) < 4.78 is 15.2. The van der Waals surface area contributed by atoms with Crippen molar-refractivity contribution >= 4 is 16.9 Å². The first kappa shape index (κ1) is 39.6. The number of carbonyl (C=O) groups excluding carboxylic acids is 1. The minimum absolute atomic E-state index is 0.0182. The van der Waals surface area contributed by atoms with Gasteiger partial charge < -0.3 is 19.9 Å². The molecular formula is C44H54N8O6. The van der Waals surface area contributed by atoms with Gasteiger partial charge >= 0.3 is 5.69 Å². The standard InChI is InChI=1S/C44H54N8O6/c1-27-24-51(42(56)48-41(27)55)37-22-34(35(26-53)58-37)52-25-28(49-50-52)23-45-36(54)15-8-6-5-7-11-20-57-29-16-17-31-30(21-29)38-39(47-33-14-10-9-13-32(33)46-38)40-43(2,3)18-12-19-44(31,40)4/h9-10,13-14,16-17,21,24-25,34-35,37,40,53H,5-8,11-12,15,18-20,22-23,26H2,1-4H3,(H,45,54)(H,48,55,56)/t34-,35+,37+,40-,44+/m0/s1. The second kappa shape index (κ2) is 16.2. The first-order valence-electron chi connectivity index (χ1n) is 20.8. The molecule has 5 atom stereocenters. The van der Waals surface area contributed by atoms with Crippen LogP contribution < -0.4 is 21.3 Å². The van der Waals surface area contributed by atoms with Crippen LogP contribution in [-0.2, 0) is 21.5 Å². The van der Waals surface area contributed by atoms with Crippen LogP contribution in [0.25, 0.3) is 22.3 Å². The smallest absolute Gasteiger partial charge is 0.330 e. The summed E-state index contributed by atoms with van der Waals surface area (Å²) in [5.41, 5.74) is 6.51. The number of aromatic amines is 1. The molecule has 0 radical (unpaired) electrons. The van der Waals surface area contributed by atoms with E-state index in [-0.39, 0.29) is 35.9 Å². The van der Waals surface area contributed by atoms with E-state index >= 15 is 0 Å². The predicted octanol–water partition coefficient (Wildman–Crippen LogP) is 6.17. The first-order valence-corrected chi connectivity index (χ1v) is 20.8. The van der Waals surface area contributed by atoms with Crippen LogP contribution in [0.1, 0.15) is 126 Å². The van der Waals surface area contributed by atoms with Crippen LogP contribution in [0.4, 0.5) is 0 Å². The highest BCUT2D eigenvalue weighted by Crippen LogP contribution is 2.62. The SMILES string of the molecule is Cc1cn([C@H]2C[C@H](n3cc(CNC(=O)CCCCCCCOc4ccc5c(c4)-c4nc6ccccc6nc4[C@H]4C(C)(C)CCC[C@]54C)nn3)[C@@H](CO)O2)c(=O)[nH]c1=O.